The number of benzene rings is 3. The molecule has 0 saturated heterocycles. The fraction of sp³-hybridized carbons (Fsp3) is 0.172. The Bertz CT molecular complexity index is 1160. The Morgan fingerprint density at radius 2 is 1.41 bits per heavy atom. The number of amides is 2. The van der Waals surface area contributed by atoms with Gasteiger partial charge in [0.15, 0.2) is 0 Å². The smallest absolute Gasteiger partial charge is 0.257 e. The van der Waals surface area contributed by atoms with Gasteiger partial charge < -0.3 is 14.6 Å². The SMILES string of the molecule is O=C(CCN(Cc1ccccc1)C(=O)c1ccoc1)NC(Cc1ccccc1)c1ccccc1. The predicted octanol–water partition coefficient (Wildman–Crippen LogP) is 5.41. The van der Waals surface area contributed by atoms with E-state index in [9.17, 15) is 9.59 Å². The van der Waals surface area contributed by atoms with Crippen LogP contribution in [0, 0.1) is 0 Å². The van der Waals surface area contributed by atoms with E-state index in [-0.39, 0.29) is 24.3 Å². The summed E-state index contributed by atoms with van der Waals surface area (Å²) in [6, 6.07) is 31.3. The van der Waals surface area contributed by atoms with E-state index in [1.54, 1.807) is 11.0 Å². The minimum atomic E-state index is -0.158. The molecule has 4 rings (SSSR count). The van der Waals surface area contributed by atoms with Crippen LogP contribution in [0.2, 0.25) is 0 Å². The summed E-state index contributed by atoms with van der Waals surface area (Å²) in [6.45, 7) is 0.724. The van der Waals surface area contributed by atoms with E-state index in [0.717, 1.165) is 16.7 Å². The van der Waals surface area contributed by atoms with E-state index >= 15 is 0 Å². The molecule has 0 spiro atoms. The zero-order chi connectivity index (χ0) is 23.6. The maximum absolute atomic E-state index is 13.0. The van der Waals surface area contributed by atoms with Crippen LogP contribution in [0.3, 0.4) is 0 Å². The van der Waals surface area contributed by atoms with Crippen molar-refractivity contribution in [3.8, 4) is 0 Å². The second-order valence-corrected chi connectivity index (χ2v) is 8.19. The van der Waals surface area contributed by atoms with Crippen LogP contribution in [-0.4, -0.2) is 23.3 Å². The highest BCUT2D eigenvalue weighted by atomic mass is 16.3. The molecule has 172 valence electrons. The molecule has 1 atom stereocenters. The van der Waals surface area contributed by atoms with Crippen molar-refractivity contribution >= 4 is 11.8 Å². The highest BCUT2D eigenvalue weighted by molar-refractivity contribution is 5.94. The molecule has 0 aliphatic heterocycles. The standard InChI is InChI=1S/C29H28N2O3/c32-28(30-27(25-14-8-3-9-15-25)20-23-10-4-1-5-11-23)16-18-31(21-24-12-6-2-7-13-24)29(33)26-17-19-34-22-26/h1-15,17,19,22,27H,16,18,20-21H2,(H,30,32). The van der Waals surface area contributed by atoms with Gasteiger partial charge in [-0.15, -0.1) is 0 Å². The topological polar surface area (TPSA) is 62.6 Å². The molecule has 1 unspecified atom stereocenters. The van der Waals surface area contributed by atoms with Crippen molar-refractivity contribution in [2.75, 3.05) is 6.54 Å². The zero-order valence-corrected chi connectivity index (χ0v) is 19.0. The normalized spacial score (nSPS) is 11.5. The fourth-order valence-electron chi connectivity index (χ4n) is 3.92. The number of rotatable bonds is 10. The summed E-state index contributed by atoms with van der Waals surface area (Å²) in [5, 5.41) is 3.18. The van der Waals surface area contributed by atoms with Gasteiger partial charge in [0.2, 0.25) is 5.91 Å². The van der Waals surface area contributed by atoms with Crippen LogP contribution in [0.4, 0.5) is 0 Å². The van der Waals surface area contributed by atoms with E-state index in [0.29, 0.717) is 25.1 Å². The van der Waals surface area contributed by atoms with E-state index < -0.39 is 0 Å². The Morgan fingerprint density at radius 1 is 0.794 bits per heavy atom. The van der Waals surface area contributed by atoms with Crippen LogP contribution in [0.5, 0.6) is 0 Å². The lowest BCUT2D eigenvalue weighted by Gasteiger charge is -2.24. The van der Waals surface area contributed by atoms with Gasteiger partial charge in [0.1, 0.15) is 6.26 Å². The van der Waals surface area contributed by atoms with Gasteiger partial charge in [0.25, 0.3) is 5.91 Å². The van der Waals surface area contributed by atoms with Crippen molar-refractivity contribution in [1.29, 1.82) is 0 Å². The summed E-state index contributed by atoms with van der Waals surface area (Å²) in [6.07, 6.45) is 3.81. The number of nitrogens with zero attached hydrogens (tertiary/aromatic N) is 1. The minimum Gasteiger partial charge on any atom is -0.472 e. The summed E-state index contributed by atoms with van der Waals surface area (Å²) in [7, 11) is 0. The van der Waals surface area contributed by atoms with Crippen LogP contribution in [0.1, 0.15) is 39.5 Å². The number of furan rings is 1. The second-order valence-electron chi connectivity index (χ2n) is 8.19. The fourth-order valence-corrected chi connectivity index (χ4v) is 3.92. The Balaban J connectivity index is 1.44. The quantitative estimate of drug-likeness (QED) is 0.350. The maximum atomic E-state index is 13.0. The predicted molar refractivity (Wildman–Crippen MR) is 132 cm³/mol. The molecular formula is C29H28N2O3. The summed E-state index contributed by atoms with van der Waals surface area (Å²) < 4.78 is 5.09. The Kier molecular flexibility index (Phi) is 7.90. The van der Waals surface area contributed by atoms with E-state index in [1.807, 2.05) is 78.9 Å². The lowest BCUT2D eigenvalue weighted by atomic mass is 9.98. The van der Waals surface area contributed by atoms with E-state index in [4.69, 9.17) is 4.42 Å². The molecule has 2 amide bonds. The molecule has 0 radical (unpaired) electrons. The molecule has 0 aliphatic rings. The van der Waals surface area contributed by atoms with Crippen molar-refractivity contribution in [3.05, 3.63) is 132 Å². The number of nitrogens with one attached hydrogen (secondary N) is 1. The monoisotopic (exact) mass is 452 g/mol. The third-order valence-corrected chi connectivity index (χ3v) is 5.70. The zero-order valence-electron chi connectivity index (χ0n) is 19.0. The lowest BCUT2D eigenvalue weighted by molar-refractivity contribution is -0.122. The van der Waals surface area contributed by atoms with Crippen molar-refractivity contribution in [3.63, 3.8) is 0 Å². The van der Waals surface area contributed by atoms with Gasteiger partial charge in [-0.2, -0.15) is 0 Å². The van der Waals surface area contributed by atoms with Gasteiger partial charge in [0.05, 0.1) is 17.9 Å². The largest absolute Gasteiger partial charge is 0.472 e. The second kappa shape index (κ2) is 11.7. The molecule has 5 heteroatoms. The molecule has 1 aromatic heterocycles. The van der Waals surface area contributed by atoms with E-state index in [1.165, 1.54) is 12.5 Å². The van der Waals surface area contributed by atoms with E-state index in [2.05, 4.69) is 17.4 Å². The number of hydrogen-bond acceptors (Lipinski definition) is 3. The van der Waals surface area contributed by atoms with Crippen molar-refractivity contribution in [1.82, 2.24) is 10.2 Å². The number of hydrogen-bond donors (Lipinski definition) is 1. The van der Waals surface area contributed by atoms with Gasteiger partial charge in [0, 0.05) is 19.5 Å². The molecule has 0 bridgehead atoms. The Hall–Kier alpha value is -4.12. The van der Waals surface area contributed by atoms with Gasteiger partial charge in [-0.25, -0.2) is 0 Å². The van der Waals surface area contributed by atoms with Crippen LogP contribution in [0.15, 0.2) is 114 Å². The van der Waals surface area contributed by atoms with Gasteiger partial charge >= 0.3 is 0 Å². The molecule has 0 saturated carbocycles. The van der Waals surface area contributed by atoms with Crippen molar-refractivity contribution in [2.24, 2.45) is 0 Å². The summed E-state index contributed by atoms with van der Waals surface area (Å²) >= 11 is 0. The maximum Gasteiger partial charge on any atom is 0.257 e. The molecular weight excluding hydrogens is 424 g/mol. The molecule has 1 heterocycles. The number of carbonyl (C=O) groups excluding carboxylic acids is 2. The highest BCUT2D eigenvalue weighted by Gasteiger charge is 2.20. The van der Waals surface area contributed by atoms with Crippen molar-refractivity contribution < 1.29 is 14.0 Å². The number of carbonyl (C=O) groups is 2. The third-order valence-electron chi connectivity index (χ3n) is 5.70. The van der Waals surface area contributed by atoms with Gasteiger partial charge in [-0.05, 0) is 29.2 Å². The highest BCUT2D eigenvalue weighted by Crippen LogP contribution is 2.19. The minimum absolute atomic E-state index is 0.0946. The van der Waals surface area contributed by atoms with Crippen LogP contribution in [-0.2, 0) is 17.8 Å². The van der Waals surface area contributed by atoms with Crippen molar-refractivity contribution in [2.45, 2.75) is 25.4 Å². The molecule has 1 N–H and O–H groups in total. The first-order chi connectivity index (χ1) is 16.7. The first-order valence-electron chi connectivity index (χ1n) is 11.4. The van der Waals surface area contributed by atoms with Crippen LogP contribution in [0.25, 0.3) is 0 Å². The molecule has 34 heavy (non-hydrogen) atoms. The van der Waals surface area contributed by atoms with Crippen LogP contribution >= 0.6 is 0 Å². The molecule has 0 fully saturated rings. The molecule has 0 aliphatic carbocycles. The summed E-state index contributed by atoms with van der Waals surface area (Å²) in [5.74, 6) is -0.253. The summed E-state index contributed by atoms with van der Waals surface area (Å²) in [4.78, 5) is 27.7. The lowest BCUT2D eigenvalue weighted by Crippen LogP contribution is -2.36. The Labute approximate surface area is 200 Å². The third kappa shape index (κ3) is 6.45. The molecule has 4 aromatic rings. The summed E-state index contributed by atoms with van der Waals surface area (Å²) in [5.41, 5.74) is 3.68. The molecule has 5 nitrogen and oxygen atoms in total. The average molecular weight is 453 g/mol. The first-order valence-corrected chi connectivity index (χ1v) is 11.4. The van der Waals surface area contributed by atoms with Crippen LogP contribution < -0.4 is 5.32 Å². The van der Waals surface area contributed by atoms with Gasteiger partial charge in [-0.1, -0.05) is 91.0 Å². The average Bonchev–Trinajstić information content (AvgIpc) is 3.43. The Morgan fingerprint density at radius 3 is 2.03 bits per heavy atom. The van der Waals surface area contributed by atoms with Gasteiger partial charge in [-0.3, -0.25) is 9.59 Å². The molecule has 3 aromatic carbocycles. The first kappa shape index (κ1) is 23.1.